The summed E-state index contributed by atoms with van der Waals surface area (Å²) in [4.78, 5) is 11.0. The van der Waals surface area contributed by atoms with Gasteiger partial charge in [0.05, 0.1) is 11.4 Å². The summed E-state index contributed by atoms with van der Waals surface area (Å²) in [7, 11) is 0. The van der Waals surface area contributed by atoms with Crippen LogP contribution in [0.25, 0.3) is 0 Å². The zero-order valence-corrected chi connectivity index (χ0v) is 11.9. The summed E-state index contributed by atoms with van der Waals surface area (Å²) in [6.45, 7) is 3.98. The molecule has 21 heavy (non-hydrogen) atoms. The maximum Gasteiger partial charge on any atom is 0.316 e. The molecule has 0 bridgehead atoms. The lowest BCUT2D eigenvalue weighted by molar-refractivity contribution is 0.259. The fourth-order valence-electron chi connectivity index (χ4n) is 1.90. The van der Waals surface area contributed by atoms with Crippen molar-refractivity contribution in [3.05, 3.63) is 47.5 Å². The highest BCUT2D eigenvalue weighted by molar-refractivity contribution is 5.92. The summed E-state index contributed by atoms with van der Waals surface area (Å²) in [5.41, 5.74) is 15.2. The molecule has 0 saturated carbocycles. The summed E-state index contributed by atoms with van der Waals surface area (Å²) >= 11 is 0. The number of hydrogen-bond donors (Lipinski definition) is 3. The van der Waals surface area contributed by atoms with Crippen molar-refractivity contribution in [3.63, 3.8) is 0 Å². The number of urea groups is 1. The normalized spacial score (nSPS) is 10.8. The Morgan fingerprint density at radius 1 is 1.05 bits per heavy atom. The van der Waals surface area contributed by atoms with Crippen LogP contribution in [-0.4, -0.2) is 6.03 Å². The number of anilines is 2. The molecule has 0 aliphatic heterocycles. The Balaban J connectivity index is 2.34. The van der Waals surface area contributed by atoms with Crippen molar-refractivity contribution in [1.82, 2.24) is 0 Å². The molecular weight excluding hydrogens is 266 g/mol. The lowest BCUT2D eigenvalue weighted by atomic mass is 10.1. The lowest BCUT2D eigenvalue weighted by Gasteiger charge is -2.06. The molecule has 0 unspecified atom stereocenters. The van der Waals surface area contributed by atoms with Crippen LogP contribution < -0.4 is 16.8 Å². The maximum absolute atomic E-state index is 11.0. The van der Waals surface area contributed by atoms with Crippen LogP contribution in [0, 0.1) is 13.8 Å². The molecule has 6 heteroatoms. The summed E-state index contributed by atoms with van der Waals surface area (Å²) in [5.74, 6) is 0. The van der Waals surface area contributed by atoms with E-state index in [-0.39, 0.29) is 0 Å². The molecule has 6 nitrogen and oxygen atoms in total. The zero-order valence-electron chi connectivity index (χ0n) is 11.9. The van der Waals surface area contributed by atoms with Gasteiger partial charge in [0.2, 0.25) is 0 Å². The van der Waals surface area contributed by atoms with Gasteiger partial charge in [-0.1, -0.05) is 17.7 Å². The minimum Gasteiger partial charge on any atom is -0.399 e. The van der Waals surface area contributed by atoms with Gasteiger partial charge in [0.25, 0.3) is 0 Å². The van der Waals surface area contributed by atoms with E-state index in [4.69, 9.17) is 11.5 Å². The van der Waals surface area contributed by atoms with Crippen molar-refractivity contribution in [2.45, 2.75) is 13.8 Å². The van der Waals surface area contributed by atoms with E-state index in [1.165, 1.54) is 0 Å². The third-order valence-corrected chi connectivity index (χ3v) is 2.90. The van der Waals surface area contributed by atoms with Crippen molar-refractivity contribution in [2.24, 2.45) is 16.0 Å². The van der Waals surface area contributed by atoms with Gasteiger partial charge in [0.15, 0.2) is 0 Å². The van der Waals surface area contributed by atoms with Crippen molar-refractivity contribution in [2.75, 3.05) is 11.1 Å². The number of amides is 2. The molecule has 0 saturated heterocycles. The molecule has 0 aromatic heterocycles. The van der Waals surface area contributed by atoms with Gasteiger partial charge in [-0.2, -0.15) is 5.11 Å². The van der Waals surface area contributed by atoms with Crippen LogP contribution in [0.2, 0.25) is 0 Å². The van der Waals surface area contributed by atoms with Crippen molar-refractivity contribution in [3.8, 4) is 0 Å². The zero-order chi connectivity index (χ0) is 15.4. The minimum atomic E-state index is -0.677. The Morgan fingerprint density at radius 2 is 1.71 bits per heavy atom. The largest absolute Gasteiger partial charge is 0.399 e. The SMILES string of the molecule is Cc1ccc(/N=N/c2ccc(N)cc2NC(N)=O)c(C)c1. The predicted molar refractivity (Wildman–Crippen MR) is 84.2 cm³/mol. The molecule has 0 atom stereocenters. The predicted octanol–water partition coefficient (Wildman–Crippen LogP) is 3.79. The van der Waals surface area contributed by atoms with Crippen LogP contribution in [0.5, 0.6) is 0 Å². The standard InChI is InChI=1S/C15H17N5O/c1-9-3-5-12(10(2)7-9)19-20-13-6-4-11(16)8-14(13)18-15(17)21/h3-8H,16H2,1-2H3,(H3,17,18,21)/b20-19+. The topological polar surface area (TPSA) is 106 Å². The number of nitrogens with zero attached hydrogens (tertiary/aromatic N) is 2. The van der Waals surface area contributed by atoms with Gasteiger partial charge < -0.3 is 16.8 Å². The Hall–Kier alpha value is -2.89. The highest BCUT2D eigenvalue weighted by Crippen LogP contribution is 2.30. The number of hydrogen-bond acceptors (Lipinski definition) is 4. The van der Waals surface area contributed by atoms with E-state index in [0.29, 0.717) is 17.1 Å². The van der Waals surface area contributed by atoms with E-state index >= 15 is 0 Å². The van der Waals surface area contributed by atoms with Gasteiger partial charge in [-0.15, -0.1) is 5.11 Å². The molecule has 0 aliphatic carbocycles. The first-order valence-electron chi connectivity index (χ1n) is 6.40. The molecule has 0 radical (unpaired) electrons. The Bertz CT molecular complexity index is 709. The fourth-order valence-corrected chi connectivity index (χ4v) is 1.90. The summed E-state index contributed by atoms with van der Waals surface area (Å²) in [6.07, 6.45) is 0. The second-order valence-corrected chi connectivity index (χ2v) is 4.76. The number of benzene rings is 2. The highest BCUT2D eigenvalue weighted by Gasteiger charge is 2.05. The number of aryl methyl sites for hydroxylation is 2. The number of primary amides is 1. The molecule has 0 aliphatic rings. The van der Waals surface area contributed by atoms with E-state index in [9.17, 15) is 4.79 Å². The number of carbonyl (C=O) groups is 1. The van der Waals surface area contributed by atoms with E-state index in [0.717, 1.165) is 16.8 Å². The van der Waals surface area contributed by atoms with Crippen LogP contribution in [0.15, 0.2) is 46.6 Å². The first-order valence-corrected chi connectivity index (χ1v) is 6.40. The number of rotatable bonds is 3. The number of nitrogen functional groups attached to an aromatic ring is 1. The van der Waals surface area contributed by atoms with Crippen LogP contribution in [0.3, 0.4) is 0 Å². The summed E-state index contributed by atoms with van der Waals surface area (Å²) in [5, 5.41) is 10.8. The van der Waals surface area contributed by atoms with E-state index in [1.54, 1.807) is 18.2 Å². The van der Waals surface area contributed by atoms with Crippen molar-refractivity contribution in [1.29, 1.82) is 0 Å². The third kappa shape index (κ3) is 3.79. The molecule has 2 aromatic carbocycles. The molecule has 5 N–H and O–H groups in total. The van der Waals surface area contributed by atoms with Crippen molar-refractivity contribution >= 4 is 28.8 Å². The molecule has 108 valence electrons. The van der Waals surface area contributed by atoms with Crippen LogP contribution in [-0.2, 0) is 0 Å². The maximum atomic E-state index is 11.0. The van der Waals surface area contributed by atoms with Gasteiger partial charge in [0, 0.05) is 5.69 Å². The Morgan fingerprint density at radius 3 is 2.38 bits per heavy atom. The van der Waals surface area contributed by atoms with Gasteiger partial charge >= 0.3 is 6.03 Å². The van der Waals surface area contributed by atoms with Gasteiger partial charge in [-0.05, 0) is 43.7 Å². The molecular formula is C15H17N5O. The fraction of sp³-hybridized carbons (Fsp3) is 0.133. The quantitative estimate of drug-likeness (QED) is 0.588. The monoisotopic (exact) mass is 283 g/mol. The first kappa shape index (κ1) is 14.5. The lowest BCUT2D eigenvalue weighted by Crippen LogP contribution is -2.19. The Kier molecular flexibility index (Phi) is 4.18. The molecule has 0 heterocycles. The number of carbonyl (C=O) groups excluding carboxylic acids is 1. The summed E-state index contributed by atoms with van der Waals surface area (Å²) < 4.78 is 0. The molecule has 2 aromatic rings. The minimum absolute atomic E-state index is 0.427. The molecule has 0 spiro atoms. The van der Waals surface area contributed by atoms with E-state index in [2.05, 4.69) is 15.5 Å². The number of azo groups is 1. The number of nitrogens with two attached hydrogens (primary N) is 2. The van der Waals surface area contributed by atoms with Gasteiger partial charge in [0.1, 0.15) is 5.69 Å². The van der Waals surface area contributed by atoms with E-state index in [1.807, 2.05) is 32.0 Å². The average molecular weight is 283 g/mol. The first-order chi connectivity index (χ1) is 9.95. The van der Waals surface area contributed by atoms with Gasteiger partial charge in [-0.3, -0.25) is 0 Å². The van der Waals surface area contributed by atoms with Crippen LogP contribution in [0.4, 0.5) is 27.5 Å². The average Bonchev–Trinajstić information content (AvgIpc) is 2.39. The highest BCUT2D eigenvalue weighted by atomic mass is 16.2. The smallest absolute Gasteiger partial charge is 0.316 e. The number of nitrogens with one attached hydrogen (secondary N) is 1. The summed E-state index contributed by atoms with van der Waals surface area (Å²) in [6, 6.07) is 10.2. The van der Waals surface area contributed by atoms with Crippen LogP contribution in [0.1, 0.15) is 11.1 Å². The van der Waals surface area contributed by atoms with Crippen LogP contribution >= 0.6 is 0 Å². The second-order valence-electron chi connectivity index (χ2n) is 4.76. The Labute approximate surface area is 122 Å². The van der Waals surface area contributed by atoms with E-state index < -0.39 is 6.03 Å². The third-order valence-electron chi connectivity index (χ3n) is 2.90. The molecule has 0 fully saturated rings. The van der Waals surface area contributed by atoms with Gasteiger partial charge in [-0.25, -0.2) is 4.79 Å². The molecule has 2 rings (SSSR count). The van der Waals surface area contributed by atoms with Crippen molar-refractivity contribution < 1.29 is 4.79 Å². The molecule has 2 amide bonds. The second kappa shape index (κ2) is 6.04.